The highest BCUT2D eigenvalue weighted by Crippen LogP contribution is 2.43. The van der Waals surface area contributed by atoms with Gasteiger partial charge >= 0.3 is 6.18 Å². The maximum absolute atomic E-state index is 13.7. The fraction of sp³-hybridized carbons (Fsp3) is 0.280. The van der Waals surface area contributed by atoms with Crippen molar-refractivity contribution in [3.63, 3.8) is 0 Å². The molecular formula is C25H23F3N6O2. The Morgan fingerprint density at radius 2 is 1.92 bits per heavy atom. The van der Waals surface area contributed by atoms with Crippen LogP contribution in [0.25, 0.3) is 17.8 Å². The average molecular weight is 496 g/mol. The SMILES string of the molecule is COc1nc(/C=C/c2nc3n(n2)CCCC3(O)c2ccccc2C(F)(F)F)ccc1-n1cnc(C)c1. The molecular weight excluding hydrogens is 473 g/mol. The average Bonchev–Trinajstić information content (AvgIpc) is 3.49. The van der Waals surface area contributed by atoms with Gasteiger partial charge < -0.3 is 14.4 Å². The molecule has 5 rings (SSSR count). The minimum atomic E-state index is -4.61. The number of methoxy groups -OCH3 is 1. The first-order chi connectivity index (χ1) is 17.2. The Bertz CT molecular complexity index is 1440. The van der Waals surface area contributed by atoms with Gasteiger partial charge in [-0.05, 0) is 50.1 Å². The van der Waals surface area contributed by atoms with Gasteiger partial charge in [-0.1, -0.05) is 18.2 Å². The number of benzene rings is 1. The number of imidazole rings is 1. The molecule has 0 spiro atoms. The lowest BCUT2D eigenvalue weighted by molar-refractivity contribution is -0.140. The summed E-state index contributed by atoms with van der Waals surface area (Å²) < 4.78 is 49.7. The second kappa shape index (κ2) is 8.90. The molecule has 186 valence electrons. The normalized spacial score (nSPS) is 17.9. The smallest absolute Gasteiger partial charge is 0.416 e. The Balaban J connectivity index is 1.47. The summed E-state index contributed by atoms with van der Waals surface area (Å²) in [6.07, 6.45) is 2.75. The van der Waals surface area contributed by atoms with Gasteiger partial charge in [0.2, 0.25) is 5.88 Å². The molecule has 4 heterocycles. The molecule has 1 aliphatic heterocycles. The lowest BCUT2D eigenvalue weighted by atomic mass is 9.83. The van der Waals surface area contributed by atoms with Gasteiger partial charge in [-0.15, -0.1) is 0 Å². The van der Waals surface area contributed by atoms with Crippen molar-refractivity contribution < 1.29 is 23.0 Å². The first kappa shape index (κ1) is 23.7. The summed E-state index contributed by atoms with van der Waals surface area (Å²) in [5, 5.41) is 15.9. The third-order valence-corrected chi connectivity index (χ3v) is 6.09. The number of aromatic nitrogens is 6. The van der Waals surface area contributed by atoms with E-state index in [2.05, 4.69) is 20.1 Å². The van der Waals surface area contributed by atoms with Crippen molar-refractivity contribution in [1.82, 2.24) is 29.3 Å². The summed E-state index contributed by atoms with van der Waals surface area (Å²) in [7, 11) is 1.52. The summed E-state index contributed by atoms with van der Waals surface area (Å²) in [6, 6.07) is 8.67. The van der Waals surface area contributed by atoms with Crippen molar-refractivity contribution in [1.29, 1.82) is 0 Å². The number of alkyl halides is 3. The zero-order valence-corrected chi connectivity index (χ0v) is 19.6. The summed E-state index contributed by atoms with van der Waals surface area (Å²) in [5.41, 5.74) is -0.871. The third-order valence-electron chi connectivity index (χ3n) is 6.09. The second-order valence-corrected chi connectivity index (χ2v) is 8.54. The molecule has 1 aliphatic rings. The van der Waals surface area contributed by atoms with Crippen molar-refractivity contribution in [2.24, 2.45) is 0 Å². The molecule has 0 bridgehead atoms. The number of nitrogens with zero attached hydrogens (tertiary/aromatic N) is 6. The summed E-state index contributed by atoms with van der Waals surface area (Å²) in [5.74, 6) is 0.733. The lowest BCUT2D eigenvalue weighted by Crippen LogP contribution is -2.37. The molecule has 1 unspecified atom stereocenters. The van der Waals surface area contributed by atoms with Gasteiger partial charge in [0.1, 0.15) is 11.3 Å². The lowest BCUT2D eigenvalue weighted by Gasteiger charge is -2.33. The molecule has 0 radical (unpaired) electrons. The molecule has 1 atom stereocenters. The van der Waals surface area contributed by atoms with Gasteiger partial charge in [0.15, 0.2) is 11.6 Å². The Morgan fingerprint density at radius 1 is 1.11 bits per heavy atom. The minimum Gasteiger partial charge on any atom is -0.479 e. The van der Waals surface area contributed by atoms with E-state index in [0.717, 1.165) is 17.4 Å². The van der Waals surface area contributed by atoms with Crippen LogP contribution in [0.3, 0.4) is 0 Å². The molecule has 0 saturated carbocycles. The number of aryl methyl sites for hydroxylation is 2. The standard InChI is InChI=1S/C25H23F3N6O2/c1-16-14-33(15-29-16)20-10-8-17(30-22(20)36-2)9-11-21-31-23-24(35,12-5-13-34(23)32-21)18-6-3-4-7-19(18)25(26,27)28/h3-4,6-11,14-15,35H,5,12-13H2,1-2H3/b11-9+. The molecule has 1 N–H and O–H groups in total. The summed E-state index contributed by atoms with van der Waals surface area (Å²) in [6.45, 7) is 2.32. The predicted molar refractivity (Wildman–Crippen MR) is 125 cm³/mol. The maximum Gasteiger partial charge on any atom is 0.416 e. The topological polar surface area (TPSA) is 90.9 Å². The van der Waals surface area contributed by atoms with Gasteiger partial charge in [-0.25, -0.2) is 19.6 Å². The monoisotopic (exact) mass is 496 g/mol. The Morgan fingerprint density at radius 3 is 2.64 bits per heavy atom. The van der Waals surface area contributed by atoms with Crippen LogP contribution in [0.5, 0.6) is 5.88 Å². The van der Waals surface area contributed by atoms with Crippen molar-refractivity contribution >= 4 is 12.2 Å². The minimum absolute atomic E-state index is 0.0847. The molecule has 0 aliphatic carbocycles. The van der Waals surface area contributed by atoms with Gasteiger partial charge in [0, 0.05) is 18.3 Å². The van der Waals surface area contributed by atoms with Gasteiger partial charge in [0.25, 0.3) is 0 Å². The molecule has 8 nitrogen and oxygen atoms in total. The Hall–Kier alpha value is -3.99. The fourth-order valence-corrected chi connectivity index (χ4v) is 4.43. The van der Waals surface area contributed by atoms with Gasteiger partial charge in [0.05, 0.1) is 30.4 Å². The number of rotatable bonds is 5. The molecule has 4 aromatic rings. The number of hydrogen-bond donors (Lipinski definition) is 1. The van der Waals surface area contributed by atoms with Crippen molar-refractivity contribution in [2.45, 2.75) is 38.1 Å². The molecule has 3 aromatic heterocycles. The zero-order chi connectivity index (χ0) is 25.5. The number of aliphatic hydroxyl groups is 1. The third kappa shape index (κ3) is 4.26. The number of hydrogen-bond acceptors (Lipinski definition) is 6. The summed E-state index contributed by atoms with van der Waals surface area (Å²) >= 11 is 0. The highest BCUT2D eigenvalue weighted by molar-refractivity contribution is 5.65. The van der Waals surface area contributed by atoms with E-state index >= 15 is 0 Å². The van der Waals surface area contributed by atoms with E-state index < -0.39 is 17.3 Å². The van der Waals surface area contributed by atoms with Gasteiger partial charge in [-0.2, -0.15) is 18.3 Å². The van der Waals surface area contributed by atoms with Gasteiger partial charge in [-0.3, -0.25) is 0 Å². The highest BCUT2D eigenvalue weighted by atomic mass is 19.4. The van der Waals surface area contributed by atoms with Crippen LogP contribution in [0.2, 0.25) is 0 Å². The predicted octanol–water partition coefficient (Wildman–Crippen LogP) is 4.39. The van der Waals surface area contributed by atoms with E-state index in [9.17, 15) is 18.3 Å². The number of ether oxygens (including phenoxy) is 1. The maximum atomic E-state index is 13.7. The molecule has 36 heavy (non-hydrogen) atoms. The Kier molecular flexibility index (Phi) is 5.87. The quantitative estimate of drug-likeness (QED) is 0.441. The van der Waals surface area contributed by atoms with Crippen molar-refractivity contribution in [3.05, 3.63) is 83.1 Å². The van der Waals surface area contributed by atoms with E-state index in [1.807, 2.05) is 19.2 Å². The molecule has 0 saturated heterocycles. The van der Waals surface area contributed by atoms with Crippen molar-refractivity contribution in [3.8, 4) is 11.6 Å². The molecule has 0 fully saturated rings. The van der Waals surface area contributed by atoms with Crippen LogP contribution >= 0.6 is 0 Å². The van der Waals surface area contributed by atoms with E-state index in [1.165, 1.54) is 30.0 Å². The zero-order valence-electron chi connectivity index (χ0n) is 19.6. The highest BCUT2D eigenvalue weighted by Gasteiger charge is 2.45. The number of halogens is 3. The summed E-state index contributed by atoms with van der Waals surface area (Å²) in [4.78, 5) is 13.1. The van der Waals surface area contributed by atoms with Crippen LogP contribution in [0.1, 0.15) is 47.0 Å². The van der Waals surface area contributed by atoms with Crippen LogP contribution < -0.4 is 4.74 Å². The molecule has 1 aromatic carbocycles. The number of pyridine rings is 1. The largest absolute Gasteiger partial charge is 0.479 e. The second-order valence-electron chi connectivity index (χ2n) is 8.54. The van der Waals surface area contributed by atoms with Crippen molar-refractivity contribution in [2.75, 3.05) is 7.11 Å². The Labute approximate surface area is 204 Å². The van der Waals surface area contributed by atoms with Crippen LogP contribution in [-0.2, 0) is 18.3 Å². The van der Waals surface area contributed by atoms with E-state index in [0.29, 0.717) is 24.5 Å². The van der Waals surface area contributed by atoms with E-state index in [4.69, 9.17) is 4.74 Å². The molecule has 11 heteroatoms. The first-order valence-electron chi connectivity index (χ1n) is 11.3. The first-order valence-corrected chi connectivity index (χ1v) is 11.3. The van der Waals surface area contributed by atoms with Crippen LogP contribution in [-0.4, -0.2) is 41.5 Å². The van der Waals surface area contributed by atoms with Crippen LogP contribution in [0.15, 0.2) is 48.9 Å². The molecule has 0 amide bonds. The number of fused-ring (bicyclic) bond motifs is 1. The van der Waals surface area contributed by atoms with Crippen LogP contribution in [0, 0.1) is 6.92 Å². The van der Waals surface area contributed by atoms with Crippen LogP contribution in [0.4, 0.5) is 13.2 Å². The van der Waals surface area contributed by atoms with E-state index in [1.54, 1.807) is 29.1 Å². The van der Waals surface area contributed by atoms with E-state index in [-0.39, 0.29) is 23.6 Å². The fourth-order valence-electron chi connectivity index (χ4n) is 4.43.